The van der Waals surface area contributed by atoms with Gasteiger partial charge in [0, 0.05) is 30.9 Å². The van der Waals surface area contributed by atoms with Crippen molar-refractivity contribution in [3.05, 3.63) is 23.9 Å². The molecule has 0 aromatic carbocycles. The van der Waals surface area contributed by atoms with Gasteiger partial charge in [-0.1, -0.05) is 13.0 Å². The van der Waals surface area contributed by atoms with Crippen molar-refractivity contribution in [1.29, 1.82) is 0 Å². The maximum Gasteiger partial charge on any atom is 0.133 e. The number of rotatable bonds is 5. The largest absolute Gasteiger partial charge is 0.357 e. The standard InChI is InChI=1S/C12H21N3/c1-4-9-15(5-2)12-11(10(3)13)7-6-8-14-12/h6-8,10H,4-5,9,13H2,1-3H3/t10-/m0/s1. The smallest absolute Gasteiger partial charge is 0.133 e. The van der Waals surface area contributed by atoms with Crippen molar-refractivity contribution in [2.45, 2.75) is 33.2 Å². The molecule has 15 heavy (non-hydrogen) atoms. The van der Waals surface area contributed by atoms with Gasteiger partial charge >= 0.3 is 0 Å². The first kappa shape index (κ1) is 12.0. The number of nitrogens with zero attached hydrogens (tertiary/aromatic N) is 2. The lowest BCUT2D eigenvalue weighted by atomic mass is 10.1. The van der Waals surface area contributed by atoms with Crippen LogP contribution in [0, 0.1) is 0 Å². The summed E-state index contributed by atoms with van der Waals surface area (Å²) in [5.41, 5.74) is 7.07. The van der Waals surface area contributed by atoms with Crippen LogP contribution in [0.5, 0.6) is 0 Å². The summed E-state index contributed by atoms with van der Waals surface area (Å²) in [6.45, 7) is 8.34. The second-order valence-corrected chi connectivity index (χ2v) is 3.78. The van der Waals surface area contributed by atoms with Gasteiger partial charge < -0.3 is 10.6 Å². The van der Waals surface area contributed by atoms with Crippen molar-refractivity contribution in [3.63, 3.8) is 0 Å². The molecular formula is C12H21N3. The summed E-state index contributed by atoms with van der Waals surface area (Å²) in [5.74, 6) is 1.04. The molecule has 0 aliphatic heterocycles. The van der Waals surface area contributed by atoms with Crippen LogP contribution in [0.1, 0.15) is 38.8 Å². The van der Waals surface area contributed by atoms with Gasteiger partial charge in [-0.15, -0.1) is 0 Å². The fraction of sp³-hybridized carbons (Fsp3) is 0.583. The Balaban J connectivity index is 2.99. The predicted molar refractivity (Wildman–Crippen MR) is 65.0 cm³/mol. The summed E-state index contributed by atoms with van der Waals surface area (Å²) in [7, 11) is 0. The Morgan fingerprint density at radius 3 is 2.73 bits per heavy atom. The molecule has 3 heteroatoms. The molecule has 1 atom stereocenters. The summed E-state index contributed by atoms with van der Waals surface area (Å²) in [4.78, 5) is 6.71. The van der Waals surface area contributed by atoms with E-state index in [0.717, 1.165) is 30.9 Å². The molecule has 0 aliphatic rings. The molecule has 84 valence electrons. The van der Waals surface area contributed by atoms with E-state index in [-0.39, 0.29) is 6.04 Å². The zero-order chi connectivity index (χ0) is 11.3. The molecule has 0 spiro atoms. The van der Waals surface area contributed by atoms with Gasteiger partial charge in [0.05, 0.1) is 0 Å². The third kappa shape index (κ3) is 2.93. The van der Waals surface area contributed by atoms with Gasteiger partial charge in [0.2, 0.25) is 0 Å². The van der Waals surface area contributed by atoms with Crippen LogP contribution in [0.15, 0.2) is 18.3 Å². The van der Waals surface area contributed by atoms with E-state index < -0.39 is 0 Å². The van der Waals surface area contributed by atoms with Crippen LogP contribution in [-0.4, -0.2) is 18.1 Å². The Morgan fingerprint density at radius 2 is 2.20 bits per heavy atom. The fourth-order valence-electron chi connectivity index (χ4n) is 1.71. The molecule has 3 nitrogen and oxygen atoms in total. The van der Waals surface area contributed by atoms with Gasteiger partial charge in [-0.2, -0.15) is 0 Å². The van der Waals surface area contributed by atoms with Crippen molar-refractivity contribution in [3.8, 4) is 0 Å². The average Bonchev–Trinajstić information content (AvgIpc) is 2.26. The molecule has 0 saturated carbocycles. The molecular weight excluding hydrogens is 186 g/mol. The lowest BCUT2D eigenvalue weighted by molar-refractivity contribution is 0.746. The number of anilines is 1. The molecule has 1 rings (SSSR count). The van der Waals surface area contributed by atoms with E-state index >= 15 is 0 Å². The Bertz CT molecular complexity index is 297. The molecule has 0 bridgehead atoms. The fourth-order valence-corrected chi connectivity index (χ4v) is 1.71. The molecule has 1 aromatic rings. The number of pyridine rings is 1. The third-order valence-electron chi connectivity index (χ3n) is 2.48. The highest BCUT2D eigenvalue weighted by molar-refractivity contribution is 5.48. The molecule has 0 unspecified atom stereocenters. The molecule has 1 heterocycles. The van der Waals surface area contributed by atoms with Crippen molar-refractivity contribution in [1.82, 2.24) is 4.98 Å². The number of hydrogen-bond acceptors (Lipinski definition) is 3. The first-order valence-corrected chi connectivity index (χ1v) is 5.66. The molecule has 1 aromatic heterocycles. The molecule has 0 amide bonds. The van der Waals surface area contributed by atoms with E-state index in [9.17, 15) is 0 Å². The topological polar surface area (TPSA) is 42.2 Å². The first-order chi connectivity index (χ1) is 7.20. The van der Waals surface area contributed by atoms with Crippen LogP contribution >= 0.6 is 0 Å². The Morgan fingerprint density at radius 1 is 1.47 bits per heavy atom. The lowest BCUT2D eigenvalue weighted by Gasteiger charge is -2.24. The molecule has 0 fully saturated rings. The van der Waals surface area contributed by atoms with Gasteiger partial charge in [0.25, 0.3) is 0 Å². The van der Waals surface area contributed by atoms with Crippen LogP contribution in [0.3, 0.4) is 0 Å². The molecule has 0 saturated heterocycles. The lowest BCUT2D eigenvalue weighted by Crippen LogP contribution is -2.26. The molecule has 0 aliphatic carbocycles. The summed E-state index contributed by atoms with van der Waals surface area (Å²) < 4.78 is 0. The first-order valence-electron chi connectivity index (χ1n) is 5.66. The van der Waals surface area contributed by atoms with Crippen molar-refractivity contribution < 1.29 is 0 Å². The highest BCUT2D eigenvalue weighted by atomic mass is 15.2. The van der Waals surface area contributed by atoms with Crippen LogP contribution in [-0.2, 0) is 0 Å². The Kier molecular flexibility index (Phi) is 4.56. The van der Waals surface area contributed by atoms with E-state index in [1.54, 1.807) is 0 Å². The van der Waals surface area contributed by atoms with E-state index in [0.29, 0.717) is 0 Å². The Hall–Kier alpha value is -1.09. The average molecular weight is 207 g/mol. The maximum absolute atomic E-state index is 5.94. The minimum Gasteiger partial charge on any atom is -0.357 e. The van der Waals surface area contributed by atoms with Gasteiger partial charge in [0.15, 0.2) is 0 Å². The van der Waals surface area contributed by atoms with Gasteiger partial charge in [-0.3, -0.25) is 0 Å². The van der Waals surface area contributed by atoms with E-state index in [2.05, 4.69) is 29.8 Å². The second kappa shape index (κ2) is 5.71. The van der Waals surface area contributed by atoms with Crippen molar-refractivity contribution >= 4 is 5.82 Å². The summed E-state index contributed by atoms with van der Waals surface area (Å²) in [6, 6.07) is 4.05. The van der Waals surface area contributed by atoms with Crippen LogP contribution in [0.25, 0.3) is 0 Å². The molecule has 0 radical (unpaired) electrons. The second-order valence-electron chi connectivity index (χ2n) is 3.78. The summed E-state index contributed by atoms with van der Waals surface area (Å²) in [6.07, 6.45) is 2.96. The monoisotopic (exact) mass is 207 g/mol. The van der Waals surface area contributed by atoms with Crippen molar-refractivity contribution in [2.75, 3.05) is 18.0 Å². The van der Waals surface area contributed by atoms with E-state index in [4.69, 9.17) is 5.73 Å². The zero-order valence-corrected chi connectivity index (χ0v) is 9.90. The minimum absolute atomic E-state index is 0.0413. The van der Waals surface area contributed by atoms with Gasteiger partial charge in [0.1, 0.15) is 5.82 Å². The highest BCUT2D eigenvalue weighted by Gasteiger charge is 2.12. The Labute approximate surface area is 92.3 Å². The summed E-state index contributed by atoms with van der Waals surface area (Å²) >= 11 is 0. The van der Waals surface area contributed by atoms with Gasteiger partial charge in [-0.25, -0.2) is 4.98 Å². The van der Waals surface area contributed by atoms with Crippen molar-refractivity contribution in [2.24, 2.45) is 5.73 Å². The van der Waals surface area contributed by atoms with Crippen LogP contribution < -0.4 is 10.6 Å². The minimum atomic E-state index is 0.0413. The number of hydrogen-bond donors (Lipinski definition) is 1. The maximum atomic E-state index is 5.94. The van der Waals surface area contributed by atoms with E-state index in [1.165, 1.54) is 0 Å². The summed E-state index contributed by atoms with van der Waals surface area (Å²) in [5, 5.41) is 0. The zero-order valence-electron chi connectivity index (χ0n) is 9.90. The molecule has 2 N–H and O–H groups in total. The van der Waals surface area contributed by atoms with Crippen LogP contribution in [0.2, 0.25) is 0 Å². The normalized spacial score (nSPS) is 12.5. The highest BCUT2D eigenvalue weighted by Crippen LogP contribution is 2.22. The predicted octanol–water partition coefficient (Wildman–Crippen LogP) is 2.34. The number of aromatic nitrogens is 1. The quantitative estimate of drug-likeness (QED) is 0.805. The van der Waals surface area contributed by atoms with E-state index in [1.807, 2.05) is 19.2 Å². The van der Waals surface area contributed by atoms with Gasteiger partial charge in [-0.05, 0) is 26.3 Å². The number of nitrogens with two attached hydrogens (primary N) is 1. The third-order valence-corrected chi connectivity index (χ3v) is 2.48. The van der Waals surface area contributed by atoms with Crippen LogP contribution in [0.4, 0.5) is 5.82 Å². The SMILES string of the molecule is CCCN(CC)c1ncccc1[C@H](C)N.